The number of hydrogen-bond donors (Lipinski definition) is 0. The smallest absolute Gasteiger partial charge is 0.0300 e. The lowest BCUT2D eigenvalue weighted by atomic mass is 9.66. The third kappa shape index (κ3) is 3.81. The van der Waals surface area contributed by atoms with Crippen LogP contribution in [0, 0.1) is 11.3 Å². The monoisotopic (exact) mass is 210 g/mol. The summed E-state index contributed by atoms with van der Waals surface area (Å²) in [6.45, 7) is 7.27. The molecular weight excluding hydrogens is 180 g/mol. The van der Waals surface area contributed by atoms with Crippen molar-refractivity contribution in [1.29, 1.82) is 0 Å². The highest BCUT2D eigenvalue weighted by Gasteiger charge is 2.32. The predicted octanol–water partition coefficient (Wildman–Crippen LogP) is 5.56. The molecule has 0 nitrogen and oxygen atoms in total. The number of hydrogen-bond acceptors (Lipinski definition) is 0. The van der Waals surface area contributed by atoms with Gasteiger partial charge in [-0.3, -0.25) is 0 Å². The standard InChI is InChI=1S/C15H30/c1-4-6-10-13-15(3,5-2)14-11-8-7-9-12-14/h14H,4-13H2,1-3H3. The van der Waals surface area contributed by atoms with Gasteiger partial charge in [-0.05, 0) is 30.6 Å². The molecule has 0 amide bonds. The molecule has 0 aromatic carbocycles. The summed E-state index contributed by atoms with van der Waals surface area (Å²) in [5.41, 5.74) is 0.662. The molecule has 0 aromatic rings. The van der Waals surface area contributed by atoms with E-state index in [1.807, 2.05) is 0 Å². The van der Waals surface area contributed by atoms with Crippen LogP contribution in [0.4, 0.5) is 0 Å². The summed E-state index contributed by atoms with van der Waals surface area (Å²) in [6, 6.07) is 0. The minimum absolute atomic E-state index is 0.662. The van der Waals surface area contributed by atoms with Gasteiger partial charge in [0, 0.05) is 0 Å². The second kappa shape index (κ2) is 6.55. The van der Waals surface area contributed by atoms with Gasteiger partial charge in [0.1, 0.15) is 0 Å². The van der Waals surface area contributed by atoms with E-state index >= 15 is 0 Å². The van der Waals surface area contributed by atoms with Crippen molar-refractivity contribution >= 4 is 0 Å². The first kappa shape index (κ1) is 13.1. The zero-order valence-corrected chi connectivity index (χ0v) is 11.1. The van der Waals surface area contributed by atoms with Crippen molar-refractivity contribution in [1.82, 2.24) is 0 Å². The second-order valence-corrected chi connectivity index (χ2v) is 5.80. The molecule has 0 heteroatoms. The van der Waals surface area contributed by atoms with E-state index in [1.54, 1.807) is 0 Å². The average molecular weight is 210 g/mol. The van der Waals surface area contributed by atoms with E-state index in [9.17, 15) is 0 Å². The summed E-state index contributed by atoms with van der Waals surface area (Å²) in [5.74, 6) is 1.04. The highest BCUT2D eigenvalue weighted by atomic mass is 14.4. The van der Waals surface area contributed by atoms with Gasteiger partial charge in [0.05, 0.1) is 0 Å². The van der Waals surface area contributed by atoms with Crippen LogP contribution in [0.2, 0.25) is 0 Å². The maximum atomic E-state index is 2.55. The van der Waals surface area contributed by atoms with E-state index in [1.165, 1.54) is 64.2 Å². The van der Waals surface area contributed by atoms with Gasteiger partial charge in [-0.1, -0.05) is 65.7 Å². The molecule has 0 aliphatic heterocycles. The largest absolute Gasteiger partial charge is 0.0654 e. The van der Waals surface area contributed by atoms with Crippen molar-refractivity contribution in [3.05, 3.63) is 0 Å². The highest BCUT2D eigenvalue weighted by molar-refractivity contribution is 4.83. The molecule has 1 saturated carbocycles. The number of rotatable bonds is 6. The summed E-state index contributed by atoms with van der Waals surface area (Å²) in [7, 11) is 0. The van der Waals surface area contributed by atoms with Gasteiger partial charge in [0.2, 0.25) is 0 Å². The van der Waals surface area contributed by atoms with Crippen LogP contribution in [0.15, 0.2) is 0 Å². The molecule has 15 heavy (non-hydrogen) atoms. The van der Waals surface area contributed by atoms with Crippen molar-refractivity contribution in [3.8, 4) is 0 Å². The minimum Gasteiger partial charge on any atom is -0.0654 e. The molecule has 0 N–H and O–H groups in total. The van der Waals surface area contributed by atoms with Gasteiger partial charge in [-0.25, -0.2) is 0 Å². The van der Waals surface area contributed by atoms with Crippen LogP contribution in [0.1, 0.15) is 85.0 Å². The number of unbranched alkanes of at least 4 members (excludes halogenated alkanes) is 2. The van der Waals surface area contributed by atoms with Crippen LogP contribution < -0.4 is 0 Å². The Morgan fingerprint density at radius 3 is 2.20 bits per heavy atom. The SMILES string of the molecule is CCCCCC(C)(CC)C1CCCCC1. The van der Waals surface area contributed by atoms with Gasteiger partial charge >= 0.3 is 0 Å². The zero-order chi connectivity index (χ0) is 11.1. The average Bonchev–Trinajstić information content (AvgIpc) is 2.30. The summed E-state index contributed by atoms with van der Waals surface area (Å²) in [6.07, 6.45) is 14.6. The summed E-state index contributed by atoms with van der Waals surface area (Å²) in [4.78, 5) is 0. The molecule has 1 aliphatic rings. The molecule has 0 heterocycles. The third-order valence-electron chi connectivity index (χ3n) is 4.75. The Morgan fingerprint density at radius 2 is 1.67 bits per heavy atom. The first-order chi connectivity index (χ1) is 7.23. The van der Waals surface area contributed by atoms with Crippen LogP contribution in [0.25, 0.3) is 0 Å². The predicted molar refractivity (Wildman–Crippen MR) is 69.1 cm³/mol. The molecule has 0 radical (unpaired) electrons. The molecule has 1 atom stereocenters. The molecule has 1 rings (SSSR count). The Hall–Kier alpha value is 0. The van der Waals surface area contributed by atoms with Crippen molar-refractivity contribution in [3.63, 3.8) is 0 Å². The Kier molecular flexibility index (Phi) is 5.71. The second-order valence-electron chi connectivity index (χ2n) is 5.80. The summed E-state index contributed by atoms with van der Waals surface area (Å²) < 4.78 is 0. The summed E-state index contributed by atoms with van der Waals surface area (Å²) >= 11 is 0. The van der Waals surface area contributed by atoms with E-state index in [2.05, 4.69) is 20.8 Å². The van der Waals surface area contributed by atoms with Crippen molar-refractivity contribution in [2.24, 2.45) is 11.3 Å². The Labute approximate surface area is 96.8 Å². The molecule has 1 aliphatic carbocycles. The fraction of sp³-hybridized carbons (Fsp3) is 1.00. The van der Waals surface area contributed by atoms with Crippen molar-refractivity contribution in [2.45, 2.75) is 85.0 Å². The van der Waals surface area contributed by atoms with Crippen LogP contribution in [0.5, 0.6) is 0 Å². The summed E-state index contributed by atoms with van der Waals surface area (Å²) in [5, 5.41) is 0. The van der Waals surface area contributed by atoms with Crippen LogP contribution in [-0.2, 0) is 0 Å². The molecular formula is C15H30. The molecule has 1 fully saturated rings. The fourth-order valence-electron chi connectivity index (χ4n) is 3.25. The maximum absolute atomic E-state index is 2.55. The van der Waals surface area contributed by atoms with Gasteiger partial charge in [-0.2, -0.15) is 0 Å². The molecule has 0 spiro atoms. The highest BCUT2D eigenvalue weighted by Crippen LogP contribution is 2.44. The molecule has 90 valence electrons. The molecule has 0 aromatic heterocycles. The van der Waals surface area contributed by atoms with Gasteiger partial charge < -0.3 is 0 Å². The fourth-order valence-corrected chi connectivity index (χ4v) is 3.25. The van der Waals surface area contributed by atoms with Crippen molar-refractivity contribution in [2.75, 3.05) is 0 Å². The van der Waals surface area contributed by atoms with Crippen LogP contribution >= 0.6 is 0 Å². The molecule has 0 bridgehead atoms. The van der Waals surface area contributed by atoms with E-state index < -0.39 is 0 Å². The van der Waals surface area contributed by atoms with Gasteiger partial charge in [0.25, 0.3) is 0 Å². The van der Waals surface area contributed by atoms with E-state index in [0.29, 0.717) is 5.41 Å². The topological polar surface area (TPSA) is 0 Å². The van der Waals surface area contributed by atoms with Crippen LogP contribution in [-0.4, -0.2) is 0 Å². The van der Waals surface area contributed by atoms with Gasteiger partial charge in [0.15, 0.2) is 0 Å². The lowest BCUT2D eigenvalue weighted by Crippen LogP contribution is -2.28. The minimum atomic E-state index is 0.662. The Bertz CT molecular complexity index is 155. The third-order valence-corrected chi connectivity index (χ3v) is 4.75. The van der Waals surface area contributed by atoms with Gasteiger partial charge in [-0.15, -0.1) is 0 Å². The normalized spacial score (nSPS) is 22.6. The van der Waals surface area contributed by atoms with Crippen molar-refractivity contribution < 1.29 is 0 Å². The van der Waals surface area contributed by atoms with E-state index in [0.717, 1.165) is 5.92 Å². The lowest BCUT2D eigenvalue weighted by Gasteiger charge is -2.39. The van der Waals surface area contributed by atoms with Crippen LogP contribution in [0.3, 0.4) is 0 Å². The quantitative estimate of drug-likeness (QED) is 0.503. The zero-order valence-electron chi connectivity index (χ0n) is 11.1. The van der Waals surface area contributed by atoms with E-state index in [-0.39, 0.29) is 0 Å². The first-order valence-electron chi connectivity index (χ1n) is 7.23. The molecule has 0 saturated heterocycles. The maximum Gasteiger partial charge on any atom is -0.0300 e. The Morgan fingerprint density at radius 1 is 1.00 bits per heavy atom. The Balaban J connectivity index is 2.41. The van der Waals surface area contributed by atoms with E-state index in [4.69, 9.17) is 0 Å². The first-order valence-corrected chi connectivity index (χ1v) is 7.23. The molecule has 1 unspecified atom stereocenters. The lowest BCUT2D eigenvalue weighted by molar-refractivity contribution is 0.115.